The van der Waals surface area contributed by atoms with Crippen molar-refractivity contribution >= 4 is 71.6 Å². The SMILES string of the molecule is CC(=O)OC1=C2Oc3c(c(OC(C)=O)cc(OC(C)=O)c3Oc3cc(OC(C)=O)cc(OC(C)=O)c3)OC2=CC(OC(C)=O)C1c1c(OC(C)=O)cc2c(c1OC(C)=O)Oc1c(Oc3cc(OC(C)=O)cc(OC(C)=O)c3)c(OC(C)=O)cc(OC(C)=O)c1O2. The highest BCUT2D eigenvalue weighted by atomic mass is 16.6. The van der Waals surface area contributed by atoms with Gasteiger partial charge >= 0.3 is 71.6 Å². The molecule has 0 saturated carbocycles. The molecule has 0 aromatic heterocycles. The standard InChI is InChI=1S/C60H48O30/c1-23(61)73-35-13-36(74-24(2)62)16-39(15-35)85-53-43(79-29(7)67)21-45(81-31(9)69)55-59(53)89-51-47(87-55)19-41(77-27(5)65)49(57(51)83-33(11)71)50-42(78-28(6)66)20-48-52(58(50)84-34(12)72)90-60-54(44(80-30(8)68)22-46(56(60)88-48)82-32(10)70)86-40-17-37(75-25(3)63)14-38(18-40)76-26(4)64/h13-22,41,49H,1-12H3. The van der Waals surface area contributed by atoms with Gasteiger partial charge in [0, 0.05) is 144 Å². The highest BCUT2D eigenvalue weighted by molar-refractivity contribution is 5.85. The number of hydrogen-bond acceptors (Lipinski definition) is 30. The van der Waals surface area contributed by atoms with Crippen LogP contribution >= 0.6 is 0 Å². The topological polar surface area (TPSA) is 371 Å². The maximum atomic E-state index is 13.6. The Morgan fingerprint density at radius 1 is 0.311 bits per heavy atom. The van der Waals surface area contributed by atoms with Crippen molar-refractivity contribution in [3.05, 3.63) is 83.5 Å². The first-order valence-electron chi connectivity index (χ1n) is 26.1. The first-order chi connectivity index (χ1) is 42.4. The quantitative estimate of drug-likeness (QED) is 0.0609. The van der Waals surface area contributed by atoms with E-state index in [0.29, 0.717) is 0 Å². The zero-order valence-corrected chi connectivity index (χ0v) is 49.2. The number of carbonyl (C=O) groups is 12. The molecule has 2 unspecified atom stereocenters. The molecule has 3 aliphatic rings. The maximum absolute atomic E-state index is 13.6. The van der Waals surface area contributed by atoms with Gasteiger partial charge in [0.2, 0.25) is 46.0 Å². The molecule has 0 N–H and O–H groups in total. The second-order valence-electron chi connectivity index (χ2n) is 18.9. The first-order valence-corrected chi connectivity index (χ1v) is 26.1. The Morgan fingerprint density at radius 2 is 0.678 bits per heavy atom. The monoisotopic (exact) mass is 1250 g/mol. The molecule has 1 aliphatic carbocycles. The average molecular weight is 1250 g/mol. The molecule has 30 nitrogen and oxygen atoms in total. The van der Waals surface area contributed by atoms with Crippen LogP contribution in [0.4, 0.5) is 0 Å². The van der Waals surface area contributed by atoms with Crippen molar-refractivity contribution in [2.24, 2.45) is 0 Å². The molecule has 468 valence electrons. The molecular formula is C60H48O30. The Kier molecular flexibility index (Phi) is 18.7. The van der Waals surface area contributed by atoms with Crippen molar-refractivity contribution in [1.82, 2.24) is 0 Å². The van der Waals surface area contributed by atoms with E-state index in [-0.39, 0.29) is 34.5 Å². The predicted molar refractivity (Wildman–Crippen MR) is 292 cm³/mol. The molecule has 5 aromatic rings. The smallest absolute Gasteiger partial charge is 0.308 e. The first kappa shape index (κ1) is 64.0. The van der Waals surface area contributed by atoms with Gasteiger partial charge in [0.05, 0.1) is 11.5 Å². The lowest BCUT2D eigenvalue weighted by molar-refractivity contribution is -0.147. The Hall–Kier alpha value is -12.0. The fraction of sp³-hybridized carbons (Fsp3) is 0.233. The van der Waals surface area contributed by atoms with Crippen LogP contribution in [-0.4, -0.2) is 77.7 Å². The summed E-state index contributed by atoms with van der Waals surface area (Å²) in [6, 6.07) is 9.80. The number of rotatable bonds is 17. The third-order valence-corrected chi connectivity index (χ3v) is 11.2. The summed E-state index contributed by atoms with van der Waals surface area (Å²) in [6.45, 7) is 12.0. The van der Waals surface area contributed by atoms with Crippen LogP contribution in [0.5, 0.6) is 115 Å². The van der Waals surface area contributed by atoms with E-state index >= 15 is 0 Å². The molecule has 0 amide bonds. The van der Waals surface area contributed by atoms with Crippen LogP contribution in [0, 0.1) is 0 Å². The summed E-state index contributed by atoms with van der Waals surface area (Å²) in [5.74, 6) is -25.6. The van der Waals surface area contributed by atoms with Crippen molar-refractivity contribution in [2.75, 3.05) is 0 Å². The van der Waals surface area contributed by atoms with Crippen molar-refractivity contribution in [3.8, 4) is 115 Å². The summed E-state index contributed by atoms with van der Waals surface area (Å²) in [4.78, 5) is 154. The van der Waals surface area contributed by atoms with Crippen LogP contribution in [-0.2, 0) is 67.0 Å². The summed E-state index contributed by atoms with van der Waals surface area (Å²) >= 11 is 0. The van der Waals surface area contributed by atoms with Crippen LogP contribution in [0.3, 0.4) is 0 Å². The van der Waals surface area contributed by atoms with Gasteiger partial charge in [0.1, 0.15) is 46.4 Å². The molecule has 0 bridgehead atoms. The normalized spacial score (nSPS) is 13.8. The zero-order chi connectivity index (χ0) is 65.7. The molecule has 5 aromatic carbocycles. The second kappa shape index (κ2) is 26.3. The van der Waals surface area contributed by atoms with Crippen LogP contribution in [0.15, 0.2) is 78.0 Å². The minimum atomic E-state index is -1.98. The molecule has 30 heteroatoms. The van der Waals surface area contributed by atoms with Crippen molar-refractivity contribution in [3.63, 3.8) is 0 Å². The van der Waals surface area contributed by atoms with Gasteiger partial charge in [0.25, 0.3) is 0 Å². The van der Waals surface area contributed by atoms with Gasteiger partial charge < -0.3 is 85.3 Å². The fourth-order valence-corrected chi connectivity index (χ4v) is 8.74. The Labute approximate surface area is 506 Å². The third-order valence-electron chi connectivity index (χ3n) is 11.2. The van der Waals surface area contributed by atoms with Gasteiger partial charge in [0.15, 0.2) is 46.0 Å². The van der Waals surface area contributed by atoms with Crippen LogP contribution in [0.2, 0.25) is 0 Å². The van der Waals surface area contributed by atoms with Gasteiger partial charge in [-0.3, -0.25) is 57.5 Å². The largest absolute Gasteiger partial charge is 0.457 e. The molecule has 0 spiro atoms. The van der Waals surface area contributed by atoms with Crippen molar-refractivity contribution in [2.45, 2.75) is 95.1 Å². The Balaban J connectivity index is 1.43. The zero-order valence-electron chi connectivity index (χ0n) is 49.2. The predicted octanol–water partition coefficient (Wildman–Crippen LogP) is 8.58. The second-order valence-corrected chi connectivity index (χ2v) is 18.9. The number of benzene rings is 5. The van der Waals surface area contributed by atoms with Gasteiger partial charge in [-0.1, -0.05) is 0 Å². The van der Waals surface area contributed by atoms with E-state index in [1.807, 2.05) is 0 Å². The summed E-state index contributed by atoms with van der Waals surface area (Å²) in [7, 11) is 0. The molecule has 2 heterocycles. The van der Waals surface area contributed by atoms with Gasteiger partial charge in [-0.2, -0.15) is 0 Å². The number of carbonyl (C=O) groups excluding carboxylic acids is 12. The highest BCUT2D eigenvalue weighted by Gasteiger charge is 2.49. The number of ether oxygens (including phenoxy) is 18. The molecule has 90 heavy (non-hydrogen) atoms. The van der Waals surface area contributed by atoms with Crippen molar-refractivity contribution in [1.29, 1.82) is 0 Å². The lowest BCUT2D eigenvalue weighted by Gasteiger charge is -2.36. The molecular weight excluding hydrogens is 1200 g/mol. The molecule has 2 atom stereocenters. The Bertz CT molecular complexity index is 3960. The average Bonchev–Trinajstić information content (AvgIpc) is 0.783. The minimum absolute atomic E-state index is 0.237. The minimum Gasteiger partial charge on any atom is -0.457 e. The molecule has 0 saturated heterocycles. The summed E-state index contributed by atoms with van der Waals surface area (Å²) < 4.78 is 105. The highest BCUT2D eigenvalue weighted by Crippen LogP contribution is 2.64. The van der Waals surface area contributed by atoms with E-state index in [0.717, 1.165) is 144 Å². The summed E-state index contributed by atoms with van der Waals surface area (Å²) in [6.07, 6.45) is -0.793. The lowest BCUT2D eigenvalue weighted by atomic mass is 9.84. The van der Waals surface area contributed by atoms with E-state index in [4.69, 9.17) is 85.3 Å². The van der Waals surface area contributed by atoms with Crippen LogP contribution < -0.4 is 75.8 Å². The van der Waals surface area contributed by atoms with Crippen molar-refractivity contribution < 1.29 is 143 Å². The van der Waals surface area contributed by atoms with Gasteiger partial charge in [-0.25, -0.2) is 0 Å². The Morgan fingerprint density at radius 3 is 1.08 bits per heavy atom. The summed E-state index contributed by atoms with van der Waals surface area (Å²) in [5.41, 5.74) is -0.573. The number of hydrogen-bond donors (Lipinski definition) is 0. The van der Waals surface area contributed by atoms with E-state index in [1.54, 1.807) is 0 Å². The molecule has 8 rings (SSSR count). The van der Waals surface area contributed by atoms with E-state index in [1.165, 1.54) is 0 Å². The van der Waals surface area contributed by atoms with Crippen LogP contribution in [0.1, 0.15) is 94.6 Å². The van der Waals surface area contributed by atoms with E-state index in [9.17, 15) is 57.5 Å². The number of fused-ring (bicyclic) bond motifs is 4. The molecule has 2 aliphatic heterocycles. The number of esters is 12. The maximum Gasteiger partial charge on any atom is 0.308 e. The third kappa shape index (κ3) is 15.2. The van der Waals surface area contributed by atoms with Gasteiger partial charge in [-0.05, 0) is 0 Å². The van der Waals surface area contributed by atoms with E-state index in [2.05, 4.69) is 0 Å². The fourth-order valence-electron chi connectivity index (χ4n) is 8.74. The summed E-state index contributed by atoms with van der Waals surface area (Å²) in [5, 5.41) is 0. The molecule has 0 fully saturated rings. The van der Waals surface area contributed by atoms with E-state index < -0.39 is 187 Å². The van der Waals surface area contributed by atoms with Crippen LogP contribution in [0.25, 0.3) is 0 Å². The van der Waals surface area contributed by atoms with Gasteiger partial charge in [-0.15, -0.1) is 0 Å². The molecule has 0 radical (unpaired) electrons. The lowest BCUT2D eigenvalue weighted by Crippen LogP contribution is -2.34.